The zero-order valence-corrected chi connectivity index (χ0v) is 25.2. The number of primary amides is 1. The summed E-state index contributed by atoms with van der Waals surface area (Å²) in [6.45, 7) is 11.4. The standard InChI is InChI=1S/C35H41N5O2/c1-23-10-11-31(28(18-23)21-36)38-14-12-27(13-15-38)20-30-24(2)19-25(3)33(26(30)4)35(42)39-16-17-40(32(22-39)34(37)41)29-8-6-5-7-9-29/h5-11,18-19,27,32H,12-17,20,22H2,1-4H3,(H2,37,41). The highest BCUT2D eigenvalue weighted by atomic mass is 16.2. The van der Waals surface area contributed by atoms with Gasteiger partial charge in [0, 0.05) is 37.4 Å². The second-order valence-electron chi connectivity index (χ2n) is 12.0. The molecule has 0 aliphatic carbocycles. The van der Waals surface area contributed by atoms with Crippen molar-refractivity contribution in [1.29, 1.82) is 5.26 Å². The summed E-state index contributed by atoms with van der Waals surface area (Å²) in [5.74, 6) is 0.0608. The van der Waals surface area contributed by atoms with Crippen LogP contribution in [0.5, 0.6) is 0 Å². The number of amides is 2. The first-order valence-electron chi connectivity index (χ1n) is 14.9. The van der Waals surface area contributed by atoms with Gasteiger partial charge in [-0.05, 0) is 105 Å². The molecule has 2 fully saturated rings. The van der Waals surface area contributed by atoms with E-state index in [4.69, 9.17) is 5.73 Å². The molecule has 1 atom stereocenters. The van der Waals surface area contributed by atoms with Crippen LogP contribution in [0.25, 0.3) is 0 Å². The van der Waals surface area contributed by atoms with Gasteiger partial charge in [-0.15, -0.1) is 0 Å². The van der Waals surface area contributed by atoms with E-state index in [9.17, 15) is 14.9 Å². The second kappa shape index (κ2) is 12.3. The average molecular weight is 564 g/mol. The van der Waals surface area contributed by atoms with Crippen molar-refractivity contribution in [2.45, 2.75) is 53.0 Å². The number of rotatable bonds is 6. The van der Waals surface area contributed by atoms with Crippen molar-refractivity contribution < 1.29 is 9.59 Å². The molecule has 1 unspecified atom stereocenters. The predicted octanol–water partition coefficient (Wildman–Crippen LogP) is 5.07. The predicted molar refractivity (Wildman–Crippen MR) is 168 cm³/mol. The van der Waals surface area contributed by atoms with Gasteiger partial charge in [-0.1, -0.05) is 30.3 Å². The molecular formula is C35H41N5O2. The van der Waals surface area contributed by atoms with E-state index in [0.29, 0.717) is 19.0 Å². The number of hydrogen-bond donors (Lipinski definition) is 1. The van der Waals surface area contributed by atoms with Crippen LogP contribution in [0.2, 0.25) is 0 Å². The molecule has 2 saturated heterocycles. The van der Waals surface area contributed by atoms with Gasteiger partial charge < -0.3 is 20.4 Å². The summed E-state index contributed by atoms with van der Waals surface area (Å²) in [6, 6.07) is 19.8. The van der Waals surface area contributed by atoms with Crippen LogP contribution in [-0.4, -0.2) is 55.5 Å². The number of nitriles is 1. The number of aryl methyl sites for hydroxylation is 3. The minimum atomic E-state index is -0.573. The lowest BCUT2D eigenvalue weighted by Crippen LogP contribution is -2.59. The number of carbonyl (C=O) groups excluding carboxylic acids is 2. The van der Waals surface area contributed by atoms with Crippen molar-refractivity contribution in [2.75, 3.05) is 42.5 Å². The highest BCUT2D eigenvalue weighted by Crippen LogP contribution is 2.32. The van der Waals surface area contributed by atoms with Crippen molar-refractivity contribution in [3.63, 3.8) is 0 Å². The van der Waals surface area contributed by atoms with Gasteiger partial charge in [0.05, 0.1) is 17.8 Å². The van der Waals surface area contributed by atoms with Crippen molar-refractivity contribution in [3.05, 3.63) is 93.5 Å². The molecule has 0 spiro atoms. The molecule has 2 amide bonds. The van der Waals surface area contributed by atoms with E-state index in [2.05, 4.69) is 43.0 Å². The number of anilines is 2. The van der Waals surface area contributed by atoms with E-state index in [-0.39, 0.29) is 12.5 Å². The molecule has 5 rings (SSSR count). The Kier molecular flexibility index (Phi) is 8.54. The lowest BCUT2D eigenvalue weighted by molar-refractivity contribution is -0.119. The summed E-state index contributed by atoms with van der Waals surface area (Å²) in [7, 11) is 0. The van der Waals surface area contributed by atoms with Gasteiger partial charge in [0.2, 0.25) is 5.91 Å². The van der Waals surface area contributed by atoms with Crippen LogP contribution in [0.1, 0.15) is 56.6 Å². The third kappa shape index (κ3) is 5.85. The Labute approximate surface area is 249 Å². The Morgan fingerprint density at radius 3 is 2.31 bits per heavy atom. The maximum Gasteiger partial charge on any atom is 0.254 e. The van der Waals surface area contributed by atoms with E-state index in [0.717, 1.165) is 71.5 Å². The van der Waals surface area contributed by atoms with Crippen LogP contribution in [-0.2, 0) is 11.2 Å². The van der Waals surface area contributed by atoms with E-state index in [1.54, 1.807) is 4.90 Å². The summed E-state index contributed by atoms with van der Waals surface area (Å²) in [4.78, 5) is 32.6. The fourth-order valence-electron chi connectivity index (χ4n) is 6.85. The molecule has 3 aromatic rings. The molecule has 2 aliphatic rings. The van der Waals surface area contributed by atoms with Gasteiger partial charge in [-0.25, -0.2) is 0 Å². The Balaban J connectivity index is 1.31. The molecule has 7 nitrogen and oxygen atoms in total. The molecule has 2 aliphatic heterocycles. The van der Waals surface area contributed by atoms with Crippen LogP contribution in [0, 0.1) is 44.9 Å². The van der Waals surface area contributed by atoms with Crippen molar-refractivity contribution in [3.8, 4) is 6.07 Å². The topological polar surface area (TPSA) is 93.7 Å². The molecule has 3 aromatic carbocycles. The quantitative estimate of drug-likeness (QED) is 0.452. The zero-order chi connectivity index (χ0) is 30.0. The fraction of sp³-hybridized carbons (Fsp3) is 0.400. The van der Waals surface area contributed by atoms with Crippen molar-refractivity contribution >= 4 is 23.2 Å². The molecule has 42 heavy (non-hydrogen) atoms. The van der Waals surface area contributed by atoms with E-state index in [1.165, 1.54) is 11.1 Å². The third-order valence-electron chi connectivity index (χ3n) is 9.15. The Hall–Kier alpha value is -4.31. The SMILES string of the molecule is Cc1ccc(N2CCC(Cc3c(C)cc(C)c(C(=O)N4CCN(c5ccccc5)C(C(N)=O)C4)c3C)CC2)c(C#N)c1. The van der Waals surface area contributed by atoms with Crippen molar-refractivity contribution in [1.82, 2.24) is 4.90 Å². The molecular weight excluding hydrogens is 522 g/mol. The zero-order valence-electron chi connectivity index (χ0n) is 25.2. The lowest BCUT2D eigenvalue weighted by atomic mass is 9.83. The van der Waals surface area contributed by atoms with E-state index in [1.807, 2.05) is 55.1 Å². The van der Waals surface area contributed by atoms with Gasteiger partial charge in [-0.2, -0.15) is 5.26 Å². The maximum absolute atomic E-state index is 14.0. The summed E-state index contributed by atoms with van der Waals surface area (Å²) >= 11 is 0. The van der Waals surface area contributed by atoms with Crippen LogP contribution in [0.3, 0.4) is 0 Å². The smallest absolute Gasteiger partial charge is 0.254 e. The number of hydrogen-bond acceptors (Lipinski definition) is 5. The monoisotopic (exact) mass is 563 g/mol. The van der Waals surface area contributed by atoms with Crippen molar-refractivity contribution in [2.24, 2.45) is 11.7 Å². The molecule has 0 radical (unpaired) electrons. The van der Waals surface area contributed by atoms with E-state index < -0.39 is 11.9 Å². The number of carbonyl (C=O) groups is 2. The number of nitrogens with zero attached hydrogens (tertiary/aromatic N) is 4. The molecule has 2 N–H and O–H groups in total. The maximum atomic E-state index is 14.0. The minimum Gasteiger partial charge on any atom is -0.370 e. The molecule has 7 heteroatoms. The normalized spacial score (nSPS) is 17.7. The summed E-state index contributed by atoms with van der Waals surface area (Å²) < 4.78 is 0. The number of nitrogens with two attached hydrogens (primary N) is 1. The third-order valence-corrected chi connectivity index (χ3v) is 9.15. The minimum absolute atomic E-state index is 0.0246. The van der Waals surface area contributed by atoms with Crippen LogP contribution >= 0.6 is 0 Å². The Morgan fingerprint density at radius 1 is 0.929 bits per heavy atom. The Bertz CT molecular complexity index is 1520. The first kappa shape index (κ1) is 29.2. The second-order valence-corrected chi connectivity index (χ2v) is 12.0. The Morgan fingerprint density at radius 2 is 1.64 bits per heavy atom. The summed E-state index contributed by atoms with van der Waals surface area (Å²) in [5.41, 5.74) is 14.9. The number of piperazine rings is 1. The van der Waals surface area contributed by atoms with Crippen LogP contribution in [0.15, 0.2) is 54.6 Å². The summed E-state index contributed by atoms with van der Waals surface area (Å²) in [6.07, 6.45) is 3.00. The highest BCUT2D eigenvalue weighted by molar-refractivity contribution is 5.98. The molecule has 2 heterocycles. The first-order valence-corrected chi connectivity index (χ1v) is 14.9. The van der Waals surface area contributed by atoms with Gasteiger partial charge in [0.25, 0.3) is 5.91 Å². The first-order chi connectivity index (χ1) is 20.2. The number of piperidine rings is 1. The van der Waals surface area contributed by atoms with Crippen LogP contribution < -0.4 is 15.5 Å². The molecule has 218 valence electrons. The molecule has 0 saturated carbocycles. The summed E-state index contributed by atoms with van der Waals surface area (Å²) in [5, 5.41) is 9.64. The van der Waals surface area contributed by atoms with Gasteiger partial charge in [0.15, 0.2) is 0 Å². The largest absolute Gasteiger partial charge is 0.370 e. The molecule has 0 bridgehead atoms. The fourth-order valence-corrected chi connectivity index (χ4v) is 6.85. The van der Waals surface area contributed by atoms with E-state index >= 15 is 0 Å². The van der Waals surface area contributed by atoms with Crippen LogP contribution in [0.4, 0.5) is 11.4 Å². The lowest BCUT2D eigenvalue weighted by Gasteiger charge is -2.41. The average Bonchev–Trinajstić information content (AvgIpc) is 2.99. The highest BCUT2D eigenvalue weighted by Gasteiger charge is 2.35. The van der Waals surface area contributed by atoms with Gasteiger partial charge >= 0.3 is 0 Å². The number of benzene rings is 3. The molecule has 0 aromatic heterocycles. The number of para-hydroxylation sites is 1. The van der Waals surface area contributed by atoms with Gasteiger partial charge in [0.1, 0.15) is 12.1 Å². The van der Waals surface area contributed by atoms with Gasteiger partial charge in [-0.3, -0.25) is 9.59 Å².